The molecule has 0 saturated carbocycles. The second-order valence-electron chi connectivity index (χ2n) is 4.32. The summed E-state index contributed by atoms with van der Waals surface area (Å²) in [4.78, 5) is 21.7. The Kier molecular flexibility index (Phi) is 8.13. The van der Waals surface area contributed by atoms with Crippen LogP contribution in [0.3, 0.4) is 0 Å². The molecule has 0 radical (unpaired) electrons. The molecule has 112 valence electrons. The third-order valence-corrected chi connectivity index (χ3v) is 4.25. The number of carbonyl (C=O) groups is 2. The van der Waals surface area contributed by atoms with Crippen LogP contribution in [-0.2, 0) is 14.6 Å². The largest absolute Gasteiger partial charge is 0.481 e. The zero-order valence-corrected chi connectivity index (χ0v) is 12.1. The maximum atomic E-state index is 11.4. The number of urea groups is 1. The smallest absolute Gasteiger partial charge is 0.315 e. The summed E-state index contributed by atoms with van der Waals surface area (Å²) in [6, 6.07) is -0.587. The Hall–Kier alpha value is -1.31. The lowest BCUT2D eigenvalue weighted by molar-refractivity contribution is -0.137. The SMILES string of the molecule is CCS(=O)(=O)CCNC(=O)NC(C)CCCC(=O)O. The van der Waals surface area contributed by atoms with E-state index in [2.05, 4.69) is 10.6 Å². The Morgan fingerprint density at radius 1 is 1.32 bits per heavy atom. The summed E-state index contributed by atoms with van der Waals surface area (Å²) >= 11 is 0. The minimum atomic E-state index is -3.08. The Labute approximate surface area is 113 Å². The molecular weight excluding hydrogens is 272 g/mol. The van der Waals surface area contributed by atoms with Gasteiger partial charge in [0.15, 0.2) is 9.84 Å². The molecule has 0 rings (SSSR count). The van der Waals surface area contributed by atoms with Crippen molar-refractivity contribution in [3.8, 4) is 0 Å². The predicted octanol–water partition coefficient (Wildman–Crippen LogP) is 0.364. The highest BCUT2D eigenvalue weighted by molar-refractivity contribution is 7.91. The van der Waals surface area contributed by atoms with E-state index >= 15 is 0 Å². The lowest BCUT2D eigenvalue weighted by Gasteiger charge is -2.14. The molecule has 2 amide bonds. The van der Waals surface area contributed by atoms with Gasteiger partial charge < -0.3 is 15.7 Å². The first-order valence-corrected chi connectivity index (χ1v) is 8.05. The van der Waals surface area contributed by atoms with E-state index in [0.717, 1.165) is 0 Å². The number of carbonyl (C=O) groups excluding carboxylic acids is 1. The molecule has 0 aromatic heterocycles. The van der Waals surface area contributed by atoms with Crippen molar-refractivity contribution in [3.63, 3.8) is 0 Å². The number of amides is 2. The number of hydrogen-bond acceptors (Lipinski definition) is 4. The molecular formula is C11H22N2O5S. The number of sulfone groups is 1. The molecule has 0 aliphatic carbocycles. The third-order valence-electron chi connectivity index (χ3n) is 2.54. The normalized spacial score (nSPS) is 12.7. The van der Waals surface area contributed by atoms with Gasteiger partial charge in [-0.1, -0.05) is 6.92 Å². The fourth-order valence-electron chi connectivity index (χ4n) is 1.37. The number of rotatable bonds is 9. The van der Waals surface area contributed by atoms with Gasteiger partial charge in [0, 0.05) is 24.8 Å². The van der Waals surface area contributed by atoms with Crippen LogP contribution in [-0.4, -0.2) is 49.6 Å². The zero-order chi connectivity index (χ0) is 14.9. The molecule has 8 heteroatoms. The average molecular weight is 294 g/mol. The van der Waals surface area contributed by atoms with Gasteiger partial charge in [-0.25, -0.2) is 13.2 Å². The lowest BCUT2D eigenvalue weighted by Crippen LogP contribution is -2.42. The summed E-state index contributed by atoms with van der Waals surface area (Å²) in [7, 11) is -3.08. The summed E-state index contributed by atoms with van der Waals surface area (Å²) in [5, 5.41) is 13.5. The maximum Gasteiger partial charge on any atom is 0.315 e. The number of aliphatic carboxylic acids is 1. The van der Waals surface area contributed by atoms with Crippen molar-refractivity contribution in [3.05, 3.63) is 0 Å². The molecule has 0 saturated heterocycles. The second kappa shape index (κ2) is 8.73. The molecule has 0 heterocycles. The van der Waals surface area contributed by atoms with Gasteiger partial charge in [0.2, 0.25) is 0 Å². The molecule has 7 nitrogen and oxygen atoms in total. The molecule has 0 aliphatic heterocycles. The van der Waals surface area contributed by atoms with Gasteiger partial charge in [0.25, 0.3) is 0 Å². The van der Waals surface area contributed by atoms with Crippen LogP contribution in [0.15, 0.2) is 0 Å². The second-order valence-corrected chi connectivity index (χ2v) is 6.80. The van der Waals surface area contributed by atoms with Crippen molar-refractivity contribution in [2.45, 2.75) is 39.2 Å². The predicted molar refractivity (Wildman–Crippen MR) is 71.8 cm³/mol. The van der Waals surface area contributed by atoms with Gasteiger partial charge in [-0.3, -0.25) is 4.79 Å². The Balaban J connectivity index is 3.76. The summed E-state index contributed by atoms with van der Waals surface area (Å²) in [6.07, 6.45) is 1.12. The fraction of sp³-hybridized carbons (Fsp3) is 0.818. The highest BCUT2D eigenvalue weighted by Gasteiger charge is 2.10. The molecule has 0 aromatic carbocycles. The number of carboxylic acids is 1. The maximum absolute atomic E-state index is 11.4. The molecule has 0 aromatic rings. The number of nitrogens with one attached hydrogen (secondary N) is 2. The van der Waals surface area contributed by atoms with Gasteiger partial charge >= 0.3 is 12.0 Å². The van der Waals surface area contributed by atoms with Crippen molar-refractivity contribution >= 4 is 21.8 Å². The van der Waals surface area contributed by atoms with Gasteiger partial charge in [0.1, 0.15) is 0 Å². The summed E-state index contributed by atoms with van der Waals surface area (Å²) in [5.41, 5.74) is 0. The first-order chi connectivity index (χ1) is 8.76. The van der Waals surface area contributed by atoms with Crippen LogP contribution in [0.4, 0.5) is 4.79 Å². The highest BCUT2D eigenvalue weighted by Crippen LogP contribution is 2.00. The van der Waals surface area contributed by atoms with Crippen LogP contribution in [0.5, 0.6) is 0 Å². The van der Waals surface area contributed by atoms with Crippen LogP contribution in [0.25, 0.3) is 0 Å². The average Bonchev–Trinajstić information content (AvgIpc) is 2.28. The molecule has 0 spiro atoms. The number of carboxylic acid groups (broad SMARTS) is 1. The van der Waals surface area contributed by atoms with Crippen LogP contribution >= 0.6 is 0 Å². The van der Waals surface area contributed by atoms with Crippen molar-refractivity contribution in [1.82, 2.24) is 10.6 Å². The summed E-state index contributed by atoms with van der Waals surface area (Å²) < 4.78 is 22.4. The van der Waals surface area contributed by atoms with Gasteiger partial charge in [-0.05, 0) is 19.8 Å². The van der Waals surface area contributed by atoms with Gasteiger partial charge in [-0.15, -0.1) is 0 Å². The minimum Gasteiger partial charge on any atom is -0.481 e. The van der Waals surface area contributed by atoms with Crippen molar-refractivity contribution < 1.29 is 23.1 Å². The van der Waals surface area contributed by atoms with E-state index in [9.17, 15) is 18.0 Å². The van der Waals surface area contributed by atoms with Crippen LogP contribution in [0, 0.1) is 0 Å². The standard InChI is InChI=1S/C11H22N2O5S/c1-3-19(17,18)8-7-12-11(16)13-9(2)5-4-6-10(14)15/h9H,3-8H2,1-2H3,(H,14,15)(H2,12,13,16). The van der Waals surface area contributed by atoms with Crippen LogP contribution in [0.2, 0.25) is 0 Å². The Bertz CT molecular complexity index is 394. The van der Waals surface area contributed by atoms with Crippen molar-refractivity contribution in [2.24, 2.45) is 0 Å². The molecule has 0 bridgehead atoms. The van der Waals surface area contributed by atoms with Crippen LogP contribution < -0.4 is 10.6 Å². The first-order valence-electron chi connectivity index (χ1n) is 6.23. The fourth-order valence-corrected chi connectivity index (χ4v) is 2.07. The van der Waals surface area contributed by atoms with Crippen LogP contribution in [0.1, 0.15) is 33.1 Å². The van der Waals surface area contributed by atoms with E-state index in [4.69, 9.17) is 5.11 Å². The molecule has 19 heavy (non-hydrogen) atoms. The minimum absolute atomic E-state index is 0.0574. The van der Waals surface area contributed by atoms with Crippen molar-refractivity contribution in [1.29, 1.82) is 0 Å². The van der Waals surface area contributed by atoms with Gasteiger partial charge in [-0.2, -0.15) is 0 Å². The van der Waals surface area contributed by atoms with E-state index in [1.807, 2.05) is 0 Å². The van der Waals surface area contributed by atoms with Crippen molar-refractivity contribution in [2.75, 3.05) is 18.1 Å². The molecule has 0 fully saturated rings. The van der Waals surface area contributed by atoms with E-state index in [-0.39, 0.29) is 30.5 Å². The lowest BCUT2D eigenvalue weighted by atomic mass is 10.1. The third kappa shape index (κ3) is 10.3. The Morgan fingerprint density at radius 3 is 2.47 bits per heavy atom. The topological polar surface area (TPSA) is 113 Å². The molecule has 1 atom stereocenters. The summed E-state index contributed by atoms with van der Waals surface area (Å²) in [6.45, 7) is 3.40. The molecule has 0 aliphatic rings. The highest BCUT2D eigenvalue weighted by atomic mass is 32.2. The Morgan fingerprint density at radius 2 is 1.95 bits per heavy atom. The zero-order valence-electron chi connectivity index (χ0n) is 11.3. The van der Waals surface area contributed by atoms with E-state index in [1.54, 1.807) is 13.8 Å². The van der Waals surface area contributed by atoms with E-state index < -0.39 is 21.8 Å². The van der Waals surface area contributed by atoms with E-state index in [1.165, 1.54) is 0 Å². The number of hydrogen-bond donors (Lipinski definition) is 3. The quantitative estimate of drug-likeness (QED) is 0.568. The van der Waals surface area contributed by atoms with Gasteiger partial charge in [0.05, 0.1) is 5.75 Å². The molecule has 3 N–H and O–H groups in total. The van der Waals surface area contributed by atoms with E-state index in [0.29, 0.717) is 12.8 Å². The monoisotopic (exact) mass is 294 g/mol. The first kappa shape index (κ1) is 17.7. The summed E-state index contributed by atoms with van der Waals surface area (Å²) in [5.74, 6) is -0.881. The molecule has 1 unspecified atom stereocenters.